The summed E-state index contributed by atoms with van der Waals surface area (Å²) in [6, 6.07) is 1.65. The van der Waals surface area contributed by atoms with Crippen LogP contribution in [-0.4, -0.2) is 34.5 Å². The van der Waals surface area contributed by atoms with E-state index in [1.165, 1.54) is 17.7 Å². The van der Waals surface area contributed by atoms with Gasteiger partial charge >= 0.3 is 5.97 Å². The van der Waals surface area contributed by atoms with E-state index in [2.05, 4.69) is 26.0 Å². The van der Waals surface area contributed by atoms with E-state index in [4.69, 9.17) is 9.47 Å². The van der Waals surface area contributed by atoms with E-state index in [9.17, 15) is 4.79 Å². The summed E-state index contributed by atoms with van der Waals surface area (Å²) in [6.07, 6.45) is 3.00. The third-order valence-electron chi connectivity index (χ3n) is 2.10. The Bertz CT molecular complexity index is 526. The molecule has 0 unspecified atom stereocenters. The van der Waals surface area contributed by atoms with Crippen LogP contribution in [0.25, 0.3) is 0 Å². The molecule has 0 saturated heterocycles. The first-order valence-electron chi connectivity index (χ1n) is 5.03. The molecule has 2 rings (SSSR count). The maximum Gasteiger partial charge on any atom is 0.348 e. The number of halogens is 1. The van der Waals surface area contributed by atoms with Crippen LogP contribution in [0.2, 0.25) is 0 Å². The van der Waals surface area contributed by atoms with Crippen LogP contribution in [0.1, 0.15) is 9.67 Å². The van der Waals surface area contributed by atoms with Gasteiger partial charge in [0, 0.05) is 6.07 Å². The first-order valence-corrected chi connectivity index (χ1v) is 6.64. The standard InChI is InChI=1S/C10H10BrN3O3S/c1-16-7-4-8(18-9(7)11)10(15)17-3-2-14-6-12-5-13-14/h4-6H,2-3H2,1H3. The van der Waals surface area contributed by atoms with Gasteiger partial charge in [-0.2, -0.15) is 5.10 Å². The first-order chi connectivity index (χ1) is 8.70. The highest BCUT2D eigenvalue weighted by Gasteiger charge is 2.14. The van der Waals surface area contributed by atoms with Crippen molar-refractivity contribution in [3.05, 3.63) is 27.4 Å². The molecule has 96 valence electrons. The van der Waals surface area contributed by atoms with Crippen molar-refractivity contribution in [2.75, 3.05) is 13.7 Å². The normalized spacial score (nSPS) is 10.3. The number of thiophene rings is 1. The zero-order chi connectivity index (χ0) is 13.0. The van der Waals surface area contributed by atoms with E-state index in [-0.39, 0.29) is 12.6 Å². The molecule has 0 aromatic carbocycles. The van der Waals surface area contributed by atoms with Gasteiger partial charge in [-0.15, -0.1) is 11.3 Å². The third kappa shape index (κ3) is 3.08. The molecule has 2 aromatic heterocycles. The predicted molar refractivity (Wildman–Crippen MR) is 68.9 cm³/mol. The van der Waals surface area contributed by atoms with Crippen molar-refractivity contribution in [1.82, 2.24) is 14.8 Å². The molecular formula is C10H10BrN3O3S. The molecule has 18 heavy (non-hydrogen) atoms. The maximum atomic E-state index is 11.7. The van der Waals surface area contributed by atoms with Gasteiger partial charge in [0.1, 0.15) is 33.7 Å². The van der Waals surface area contributed by atoms with E-state index >= 15 is 0 Å². The molecule has 0 aliphatic rings. The smallest absolute Gasteiger partial charge is 0.348 e. The number of nitrogens with zero attached hydrogens (tertiary/aromatic N) is 3. The van der Waals surface area contributed by atoms with Gasteiger partial charge in [0.15, 0.2) is 0 Å². The topological polar surface area (TPSA) is 66.2 Å². The third-order valence-corrected chi connectivity index (χ3v) is 3.86. The number of methoxy groups -OCH3 is 1. The Balaban J connectivity index is 1.87. The second kappa shape index (κ2) is 5.96. The molecule has 0 aliphatic heterocycles. The Hall–Kier alpha value is -1.41. The van der Waals surface area contributed by atoms with Crippen molar-refractivity contribution < 1.29 is 14.3 Å². The van der Waals surface area contributed by atoms with Crippen molar-refractivity contribution in [3.63, 3.8) is 0 Å². The molecule has 0 atom stereocenters. The fourth-order valence-corrected chi connectivity index (χ4v) is 2.79. The number of rotatable bonds is 5. The molecule has 2 heterocycles. The SMILES string of the molecule is COc1cc(C(=O)OCCn2cncn2)sc1Br. The Morgan fingerprint density at radius 3 is 3.06 bits per heavy atom. The minimum absolute atomic E-state index is 0.250. The highest BCUT2D eigenvalue weighted by atomic mass is 79.9. The molecule has 0 N–H and O–H groups in total. The van der Waals surface area contributed by atoms with Gasteiger partial charge in [-0.05, 0) is 15.9 Å². The Labute approximate surface area is 116 Å². The highest BCUT2D eigenvalue weighted by Crippen LogP contribution is 2.34. The summed E-state index contributed by atoms with van der Waals surface area (Å²) in [5, 5.41) is 3.91. The number of carbonyl (C=O) groups excluding carboxylic acids is 1. The molecule has 6 nitrogen and oxygen atoms in total. The summed E-state index contributed by atoms with van der Waals surface area (Å²) in [7, 11) is 1.55. The lowest BCUT2D eigenvalue weighted by molar-refractivity contribution is 0.0493. The minimum Gasteiger partial charge on any atom is -0.495 e. The summed E-state index contributed by atoms with van der Waals surface area (Å²) in [5.41, 5.74) is 0. The highest BCUT2D eigenvalue weighted by molar-refractivity contribution is 9.11. The maximum absolute atomic E-state index is 11.7. The molecule has 0 spiro atoms. The van der Waals surface area contributed by atoms with Crippen molar-refractivity contribution in [1.29, 1.82) is 0 Å². The summed E-state index contributed by atoms with van der Waals surface area (Å²) >= 11 is 4.59. The van der Waals surface area contributed by atoms with Crippen LogP contribution < -0.4 is 4.74 Å². The number of aromatic nitrogens is 3. The first kappa shape index (κ1) is 13.0. The average molecular weight is 332 g/mol. The second-order valence-electron chi connectivity index (χ2n) is 3.25. The molecule has 0 bridgehead atoms. The molecule has 0 fully saturated rings. The molecule has 0 saturated carbocycles. The number of esters is 1. The van der Waals surface area contributed by atoms with E-state index in [0.717, 1.165) is 3.79 Å². The lowest BCUT2D eigenvalue weighted by Crippen LogP contribution is -2.10. The minimum atomic E-state index is -0.371. The second-order valence-corrected chi connectivity index (χ2v) is 5.62. The van der Waals surface area contributed by atoms with E-state index in [0.29, 0.717) is 17.2 Å². The lowest BCUT2D eigenvalue weighted by atomic mass is 10.4. The number of ether oxygens (including phenoxy) is 2. The Morgan fingerprint density at radius 2 is 2.44 bits per heavy atom. The summed E-state index contributed by atoms with van der Waals surface area (Å²) in [5.74, 6) is 0.257. The molecule has 0 amide bonds. The zero-order valence-corrected chi connectivity index (χ0v) is 11.9. The van der Waals surface area contributed by atoms with E-state index in [1.54, 1.807) is 24.2 Å². The largest absolute Gasteiger partial charge is 0.495 e. The quantitative estimate of drug-likeness (QED) is 0.783. The van der Waals surface area contributed by atoms with Crippen LogP contribution in [0, 0.1) is 0 Å². The van der Waals surface area contributed by atoms with E-state index in [1.807, 2.05) is 0 Å². The van der Waals surface area contributed by atoms with Gasteiger partial charge in [-0.25, -0.2) is 14.5 Å². The summed E-state index contributed by atoms with van der Waals surface area (Å²) < 4.78 is 12.6. The zero-order valence-electron chi connectivity index (χ0n) is 9.50. The van der Waals surface area contributed by atoms with Crippen LogP contribution in [0.5, 0.6) is 5.75 Å². The van der Waals surface area contributed by atoms with Gasteiger partial charge in [0.25, 0.3) is 0 Å². The van der Waals surface area contributed by atoms with Gasteiger partial charge in [-0.3, -0.25) is 0 Å². The summed E-state index contributed by atoms with van der Waals surface area (Å²) in [4.78, 5) is 16.0. The van der Waals surface area contributed by atoms with Crippen molar-refractivity contribution in [2.24, 2.45) is 0 Å². The fourth-order valence-electron chi connectivity index (χ4n) is 1.24. The Kier molecular flexibility index (Phi) is 4.32. The average Bonchev–Trinajstić information content (AvgIpc) is 2.98. The van der Waals surface area contributed by atoms with Gasteiger partial charge in [-0.1, -0.05) is 0 Å². The van der Waals surface area contributed by atoms with Crippen molar-refractivity contribution in [2.45, 2.75) is 6.54 Å². The molecule has 2 aromatic rings. The van der Waals surface area contributed by atoms with Gasteiger partial charge in [0.2, 0.25) is 0 Å². The van der Waals surface area contributed by atoms with Gasteiger partial charge in [0.05, 0.1) is 13.7 Å². The van der Waals surface area contributed by atoms with Crippen LogP contribution in [0.3, 0.4) is 0 Å². The van der Waals surface area contributed by atoms with Crippen molar-refractivity contribution in [3.8, 4) is 5.75 Å². The molecule has 0 aliphatic carbocycles. The summed E-state index contributed by atoms with van der Waals surface area (Å²) in [6.45, 7) is 0.732. The molecular weight excluding hydrogens is 322 g/mol. The van der Waals surface area contributed by atoms with E-state index < -0.39 is 0 Å². The molecule has 8 heteroatoms. The van der Waals surface area contributed by atoms with Crippen molar-refractivity contribution >= 4 is 33.2 Å². The monoisotopic (exact) mass is 331 g/mol. The predicted octanol–water partition coefficient (Wildman–Crippen LogP) is 1.97. The number of carbonyl (C=O) groups is 1. The fraction of sp³-hybridized carbons (Fsp3) is 0.300. The molecule has 0 radical (unpaired) electrons. The van der Waals surface area contributed by atoms with Gasteiger partial charge < -0.3 is 9.47 Å². The lowest BCUT2D eigenvalue weighted by Gasteiger charge is -2.02. The van der Waals surface area contributed by atoms with Crippen LogP contribution in [-0.2, 0) is 11.3 Å². The Morgan fingerprint density at radius 1 is 1.61 bits per heavy atom. The number of hydrogen-bond acceptors (Lipinski definition) is 6. The number of hydrogen-bond donors (Lipinski definition) is 0. The van der Waals surface area contributed by atoms with Crippen LogP contribution in [0.15, 0.2) is 22.5 Å². The van der Waals surface area contributed by atoms with Crippen LogP contribution in [0.4, 0.5) is 0 Å². The van der Waals surface area contributed by atoms with Crippen LogP contribution >= 0.6 is 27.3 Å².